The highest BCUT2D eigenvalue weighted by Crippen LogP contribution is 2.19. The first-order valence-corrected chi connectivity index (χ1v) is 7.35. The molecule has 0 unspecified atom stereocenters. The normalized spacial score (nSPS) is 10.4. The van der Waals surface area contributed by atoms with Crippen molar-refractivity contribution in [3.63, 3.8) is 0 Å². The zero-order chi connectivity index (χ0) is 13.4. The van der Waals surface area contributed by atoms with Crippen LogP contribution in [0, 0.1) is 23.5 Å². The fraction of sp³-hybridized carbons (Fsp3) is 0.533. The number of aryl methyl sites for hydroxylation is 2. The number of nitriles is 1. The molecule has 0 spiro atoms. The summed E-state index contributed by atoms with van der Waals surface area (Å²) in [6, 6.07) is 6.29. The number of hydrogen-bond donors (Lipinski definition) is 0. The summed E-state index contributed by atoms with van der Waals surface area (Å²) in [4.78, 5) is 0. The summed E-state index contributed by atoms with van der Waals surface area (Å²) in [6.45, 7) is 7.18. The third-order valence-electron chi connectivity index (χ3n) is 2.65. The van der Waals surface area contributed by atoms with Crippen LogP contribution in [0.25, 0.3) is 0 Å². The Kier molecular flexibility index (Phi) is 6.67. The van der Waals surface area contributed by atoms with Gasteiger partial charge in [-0.05, 0) is 60.7 Å². The van der Waals surface area contributed by atoms with Crippen LogP contribution in [0.3, 0.4) is 0 Å². The maximum atomic E-state index is 8.45. The van der Waals surface area contributed by atoms with Gasteiger partial charge in [-0.2, -0.15) is 5.26 Å². The van der Waals surface area contributed by atoms with Gasteiger partial charge in [0.1, 0.15) is 11.2 Å². The van der Waals surface area contributed by atoms with Crippen molar-refractivity contribution >= 4 is 11.8 Å². The number of thiocyanates is 1. The first-order valence-electron chi connectivity index (χ1n) is 6.36. The molecule has 0 heterocycles. The van der Waals surface area contributed by atoms with Crippen molar-refractivity contribution in [1.82, 2.24) is 0 Å². The van der Waals surface area contributed by atoms with Crippen LogP contribution in [0.1, 0.15) is 31.4 Å². The van der Waals surface area contributed by atoms with Crippen molar-refractivity contribution in [2.75, 3.05) is 12.4 Å². The second kappa shape index (κ2) is 8.05. The van der Waals surface area contributed by atoms with Gasteiger partial charge >= 0.3 is 0 Å². The van der Waals surface area contributed by atoms with Gasteiger partial charge < -0.3 is 4.74 Å². The van der Waals surface area contributed by atoms with Crippen LogP contribution in [0.4, 0.5) is 0 Å². The van der Waals surface area contributed by atoms with E-state index < -0.39 is 0 Å². The topological polar surface area (TPSA) is 33.0 Å². The van der Waals surface area contributed by atoms with Crippen LogP contribution in [0.5, 0.6) is 5.75 Å². The predicted octanol–water partition coefficient (Wildman–Crippen LogP) is 4.18. The predicted molar refractivity (Wildman–Crippen MR) is 77.9 cm³/mol. The van der Waals surface area contributed by atoms with Gasteiger partial charge in [0.15, 0.2) is 0 Å². The average Bonchev–Trinajstić information content (AvgIpc) is 2.34. The van der Waals surface area contributed by atoms with E-state index in [9.17, 15) is 0 Å². The Morgan fingerprint density at radius 3 is 2.78 bits per heavy atom. The van der Waals surface area contributed by atoms with Crippen molar-refractivity contribution in [2.45, 2.75) is 33.6 Å². The summed E-state index contributed by atoms with van der Waals surface area (Å²) in [7, 11) is 0. The smallest absolute Gasteiger partial charge is 0.133 e. The summed E-state index contributed by atoms with van der Waals surface area (Å²) in [6.07, 6.45) is 2.08. The molecule has 98 valence electrons. The van der Waals surface area contributed by atoms with Gasteiger partial charge in [-0.3, -0.25) is 0 Å². The third kappa shape index (κ3) is 5.46. The van der Waals surface area contributed by atoms with E-state index in [1.807, 2.05) is 6.07 Å². The van der Waals surface area contributed by atoms with E-state index in [-0.39, 0.29) is 0 Å². The summed E-state index contributed by atoms with van der Waals surface area (Å²) in [5, 5.41) is 10.6. The van der Waals surface area contributed by atoms with E-state index in [0.717, 1.165) is 31.0 Å². The largest absolute Gasteiger partial charge is 0.493 e. The molecule has 1 aromatic carbocycles. The molecule has 0 radical (unpaired) electrons. The molecule has 1 rings (SSSR count). The van der Waals surface area contributed by atoms with E-state index in [1.165, 1.54) is 22.9 Å². The van der Waals surface area contributed by atoms with Crippen molar-refractivity contribution in [1.29, 1.82) is 5.26 Å². The molecule has 0 saturated heterocycles. The molecule has 0 fully saturated rings. The Hall–Kier alpha value is -1.14. The zero-order valence-corrected chi connectivity index (χ0v) is 12.2. The molecule has 0 aliphatic heterocycles. The Bertz CT molecular complexity index is 409. The quantitative estimate of drug-likeness (QED) is 0.546. The second-order valence-electron chi connectivity index (χ2n) is 4.84. The Labute approximate surface area is 114 Å². The summed E-state index contributed by atoms with van der Waals surface area (Å²) in [5.74, 6) is 2.41. The lowest BCUT2D eigenvalue weighted by molar-refractivity contribution is 0.271. The molecule has 0 amide bonds. The van der Waals surface area contributed by atoms with Gasteiger partial charge in [-0.25, -0.2) is 0 Å². The third-order valence-corrected chi connectivity index (χ3v) is 3.28. The average molecular weight is 263 g/mol. The van der Waals surface area contributed by atoms with Crippen LogP contribution in [0.15, 0.2) is 18.2 Å². The van der Waals surface area contributed by atoms with Crippen molar-refractivity contribution < 1.29 is 4.74 Å². The van der Waals surface area contributed by atoms with Crippen LogP contribution in [-0.4, -0.2) is 12.4 Å². The van der Waals surface area contributed by atoms with Gasteiger partial charge in [0.25, 0.3) is 0 Å². The minimum Gasteiger partial charge on any atom is -0.493 e. The molecule has 1 aromatic rings. The molecular weight excluding hydrogens is 242 g/mol. The van der Waals surface area contributed by atoms with Gasteiger partial charge in [0.05, 0.1) is 6.61 Å². The molecule has 2 nitrogen and oxygen atoms in total. The summed E-state index contributed by atoms with van der Waals surface area (Å²) >= 11 is 1.33. The summed E-state index contributed by atoms with van der Waals surface area (Å²) < 4.78 is 5.70. The first-order chi connectivity index (χ1) is 8.63. The molecule has 0 aliphatic rings. The molecule has 0 saturated carbocycles. The molecule has 18 heavy (non-hydrogen) atoms. The van der Waals surface area contributed by atoms with Crippen molar-refractivity contribution in [2.24, 2.45) is 5.92 Å². The zero-order valence-electron chi connectivity index (χ0n) is 11.4. The number of thioether (sulfide) groups is 1. The number of rotatable bonds is 7. The minimum absolute atomic E-state index is 0.549. The summed E-state index contributed by atoms with van der Waals surface area (Å²) in [5.41, 5.74) is 2.63. The lowest BCUT2D eigenvalue weighted by atomic mass is 10.0. The van der Waals surface area contributed by atoms with Crippen molar-refractivity contribution in [3.8, 4) is 11.2 Å². The number of hydrogen-bond acceptors (Lipinski definition) is 3. The van der Waals surface area contributed by atoms with Crippen LogP contribution < -0.4 is 4.74 Å². The van der Waals surface area contributed by atoms with Crippen LogP contribution >= 0.6 is 11.8 Å². The van der Waals surface area contributed by atoms with E-state index in [0.29, 0.717) is 5.92 Å². The minimum atomic E-state index is 0.549. The molecule has 0 N–H and O–H groups in total. The first kappa shape index (κ1) is 14.9. The highest BCUT2D eigenvalue weighted by molar-refractivity contribution is 8.03. The fourth-order valence-corrected chi connectivity index (χ4v) is 2.06. The fourth-order valence-electron chi connectivity index (χ4n) is 1.68. The van der Waals surface area contributed by atoms with Crippen LogP contribution in [0.2, 0.25) is 0 Å². The van der Waals surface area contributed by atoms with Gasteiger partial charge in [-0.15, -0.1) is 0 Å². The molecule has 3 heteroatoms. The van der Waals surface area contributed by atoms with E-state index in [2.05, 4.69) is 38.3 Å². The maximum absolute atomic E-state index is 8.45. The Balaban J connectivity index is 2.49. The van der Waals surface area contributed by atoms with Crippen molar-refractivity contribution in [3.05, 3.63) is 29.3 Å². The van der Waals surface area contributed by atoms with E-state index in [4.69, 9.17) is 10.00 Å². The lowest BCUT2D eigenvalue weighted by Gasteiger charge is -2.11. The monoisotopic (exact) mass is 263 g/mol. The maximum Gasteiger partial charge on any atom is 0.133 e. The highest BCUT2D eigenvalue weighted by atomic mass is 32.2. The number of nitrogens with zero attached hydrogens (tertiary/aromatic N) is 1. The Morgan fingerprint density at radius 2 is 2.17 bits per heavy atom. The van der Waals surface area contributed by atoms with Gasteiger partial charge in [0, 0.05) is 5.75 Å². The number of ether oxygens (including phenoxy) is 1. The van der Waals surface area contributed by atoms with E-state index >= 15 is 0 Å². The van der Waals surface area contributed by atoms with Gasteiger partial charge in [-0.1, -0.05) is 19.9 Å². The lowest BCUT2D eigenvalue weighted by Crippen LogP contribution is -2.04. The molecule has 0 aromatic heterocycles. The standard InChI is InChI=1S/C15H21NOS/c1-12(2)10-17-15-7-6-14(13(3)9-15)5-4-8-18-11-16/h6-7,9,12H,4-5,8,10H2,1-3H3. The molecule has 0 aliphatic carbocycles. The SMILES string of the molecule is Cc1cc(OCC(C)C)ccc1CCCSC#N. The highest BCUT2D eigenvalue weighted by Gasteiger charge is 2.02. The van der Waals surface area contributed by atoms with E-state index in [1.54, 1.807) is 0 Å². The molecule has 0 bridgehead atoms. The van der Waals surface area contributed by atoms with Gasteiger partial charge in [0.2, 0.25) is 0 Å². The number of benzene rings is 1. The molecular formula is C15H21NOS. The Morgan fingerprint density at radius 1 is 1.39 bits per heavy atom. The second-order valence-corrected chi connectivity index (χ2v) is 5.72. The van der Waals surface area contributed by atoms with Crippen LogP contribution in [-0.2, 0) is 6.42 Å². The molecule has 0 atom stereocenters.